The highest BCUT2D eigenvalue weighted by Gasteiger charge is 2.13. The Hall–Kier alpha value is -2.61. The molecule has 0 aromatic heterocycles. The molecule has 0 aliphatic heterocycles. The third-order valence-electron chi connectivity index (χ3n) is 4.34. The molecule has 5 nitrogen and oxygen atoms in total. The van der Waals surface area contributed by atoms with Crippen LogP contribution in [0.2, 0.25) is 0 Å². The van der Waals surface area contributed by atoms with Crippen molar-refractivity contribution >= 4 is 33.4 Å². The van der Waals surface area contributed by atoms with E-state index in [1.165, 1.54) is 12.1 Å². The lowest BCUT2D eigenvalue weighted by atomic mass is 10.2. The van der Waals surface area contributed by atoms with Crippen LogP contribution in [0.1, 0.15) is 12.0 Å². The molecule has 2 N–H and O–H groups in total. The molecule has 0 heterocycles. The number of carbonyl (C=O) groups is 1. The molecule has 0 bridgehead atoms. The minimum Gasteiger partial charge on any atom is -0.326 e. The van der Waals surface area contributed by atoms with Gasteiger partial charge in [-0.3, -0.25) is 4.79 Å². The normalized spacial score (nSPS) is 11.2. The van der Waals surface area contributed by atoms with Crippen LogP contribution in [0.4, 0.5) is 5.69 Å². The number of hydrogen-bond acceptors (Lipinski definition) is 4. The summed E-state index contributed by atoms with van der Waals surface area (Å²) in [7, 11) is -3.59. The van der Waals surface area contributed by atoms with Crippen LogP contribution in [-0.2, 0) is 21.2 Å². The fourth-order valence-corrected chi connectivity index (χ4v) is 4.68. The van der Waals surface area contributed by atoms with Crippen molar-refractivity contribution in [1.82, 2.24) is 4.72 Å². The van der Waals surface area contributed by atoms with Gasteiger partial charge in [-0.1, -0.05) is 48.5 Å². The molecule has 1 amide bonds. The van der Waals surface area contributed by atoms with E-state index >= 15 is 0 Å². The van der Waals surface area contributed by atoms with Crippen LogP contribution in [0.5, 0.6) is 0 Å². The molecule has 30 heavy (non-hydrogen) atoms. The van der Waals surface area contributed by atoms with E-state index in [0.717, 1.165) is 10.5 Å². The zero-order valence-electron chi connectivity index (χ0n) is 16.5. The molecule has 0 saturated carbocycles. The highest BCUT2D eigenvalue weighted by atomic mass is 32.2. The van der Waals surface area contributed by atoms with Crippen molar-refractivity contribution in [3.05, 3.63) is 90.5 Å². The summed E-state index contributed by atoms with van der Waals surface area (Å²) in [4.78, 5) is 13.4. The molecule has 3 aromatic rings. The first-order valence-corrected chi connectivity index (χ1v) is 12.1. The smallest absolute Gasteiger partial charge is 0.240 e. The van der Waals surface area contributed by atoms with Gasteiger partial charge in [0, 0.05) is 29.3 Å². The minimum atomic E-state index is -3.59. The molecule has 0 atom stereocenters. The Morgan fingerprint density at radius 3 is 2.13 bits per heavy atom. The van der Waals surface area contributed by atoms with E-state index in [9.17, 15) is 13.2 Å². The zero-order chi connectivity index (χ0) is 21.2. The van der Waals surface area contributed by atoms with E-state index in [2.05, 4.69) is 10.0 Å². The monoisotopic (exact) mass is 440 g/mol. The standard InChI is InChI=1S/C23H24N2O3S2/c26-23(16-18-29-21-9-5-2-6-10-21)25-20-11-13-22(14-12-20)30(27,28)24-17-15-19-7-3-1-4-8-19/h1-14,24H,15-18H2,(H,25,26). The average molecular weight is 441 g/mol. The topological polar surface area (TPSA) is 75.3 Å². The summed E-state index contributed by atoms with van der Waals surface area (Å²) in [5, 5.41) is 2.80. The Morgan fingerprint density at radius 2 is 1.47 bits per heavy atom. The Labute approximate surface area is 182 Å². The van der Waals surface area contributed by atoms with Crippen molar-refractivity contribution in [3.63, 3.8) is 0 Å². The molecular weight excluding hydrogens is 416 g/mol. The largest absolute Gasteiger partial charge is 0.326 e. The minimum absolute atomic E-state index is 0.102. The van der Waals surface area contributed by atoms with Gasteiger partial charge in [-0.2, -0.15) is 0 Å². The van der Waals surface area contributed by atoms with E-state index in [1.807, 2.05) is 60.7 Å². The van der Waals surface area contributed by atoms with Crippen LogP contribution >= 0.6 is 11.8 Å². The summed E-state index contributed by atoms with van der Waals surface area (Å²) in [5.41, 5.74) is 1.65. The number of anilines is 1. The van der Waals surface area contributed by atoms with Gasteiger partial charge in [0.2, 0.25) is 15.9 Å². The molecular formula is C23H24N2O3S2. The second-order valence-corrected chi connectivity index (χ2v) is 9.55. The number of benzene rings is 3. The summed E-state index contributed by atoms with van der Waals surface area (Å²) in [5.74, 6) is 0.572. The number of carbonyl (C=O) groups excluding carboxylic acids is 1. The molecule has 0 unspecified atom stereocenters. The van der Waals surface area contributed by atoms with Gasteiger partial charge in [-0.05, 0) is 48.4 Å². The van der Waals surface area contributed by atoms with Gasteiger partial charge in [-0.15, -0.1) is 11.8 Å². The maximum Gasteiger partial charge on any atom is 0.240 e. The van der Waals surface area contributed by atoms with Gasteiger partial charge in [0.05, 0.1) is 4.90 Å². The van der Waals surface area contributed by atoms with Gasteiger partial charge in [0.25, 0.3) is 0 Å². The number of sulfonamides is 1. The first-order valence-electron chi connectivity index (χ1n) is 9.64. The lowest BCUT2D eigenvalue weighted by Gasteiger charge is -2.09. The number of thioether (sulfide) groups is 1. The maximum absolute atomic E-state index is 12.4. The Bertz CT molecular complexity index is 1040. The van der Waals surface area contributed by atoms with Crippen molar-refractivity contribution in [2.24, 2.45) is 0 Å². The highest BCUT2D eigenvalue weighted by Crippen LogP contribution is 2.19. The summed E-state index contributed by atoms with van der Waals surface area (Å²) < 4.78 is 27.5. The molecule has 0 aliphatic rings. The van der Waals surface area contributed by atoms with Gasteiger partial charge >= 0.3 is 0 Å². The second kappa shape index (κ2) is 11.0. The van der Waals surface area contributed by atoms with Crippen LogP contribution in [0.15, 0.2) is 94.7 Å². The van der Waals surface area contributed by atoms with Crippen LogP contribution in [0.25, 0.3) is 0 Å². The Balaban J connectivity index is 1.45. The number of hydrogen-bond donors (Lipinski definition) is 2. The van der Waals surface area contributed by atoms with E-state index in [0.29, 0.717) is 30.8 Å². The average Bonchev–Trinajstić information content (AvgIpc) is 2.75. The van der Waals surface area contributed by atoms with Gasteiger partial charge < -0.3 is 5.32 Å². The van der Waals surface area contributed by atoms with Gasteiger partial charge in [0.1, 0.15) is 0 Å². The van der Waals surface area contributed by atoms with Crippen LogP contribution in [-0.4, -0.2) is 26.6 Å². The van der Waals surface area contributed by atoms with E-state index < -0.39 is 10.0 Å². The second-order valence-electron chi connectivity index (χ2n) is 6.62. The highest BCUT2D eigenvalue weighted by molar-refractivity contribution is 7.99. The summed E-state index contributed by atoms with van der Waals surface area (Å²) in [6.07, 6.45) is 0.996. The molecule has 7 heteroatoms. The third kappa shape index (κ3) is 7.02. The van der Waals surface area contributed by atoms with Crippen molar-refractivity contribution in [1.29, 1.82) is 0 Å². The van der Waals surface area contributed by atoms with E-state index in [4.69, 9.17) is 0 Å². The lowest BCUT2D eigenvalue weighted by Crippen LogP contribution is -2.26. The molecule has 0 spiro atoms. The molecule has 3 rings (SSSR count). The third-order valence-corrected chi connectivity index (χ3v) is 6.83. The van der Waals surface area contributed by atoms with Crippen LogP contribution < -0.4 is 10.0 Å². The molecule has 0 aliphatic carbocycles. The van der Waals surface area contributed by atoms with Crippen LogP contribution in [0.3, 0.4) is 0 Å². The number of nitrogens with one attached hydrogen (secondary N) is 2. The Morgan fingerprint density at radius 1 is 0.833 bits per heavy atom. The quantitative estimate of drug-likeness (QED) is 0.460. The summed E-state index contributed by atoms with van der Waals surface area (Å²) in [6.45, 7) is 0.323. The fourth-order valence-electron chi connectivity index (χ4n) is 2.78. The molecule has 3 aromatic carbocycles. The van der Waals surface area contributed by atoms with Crippen LogP contribution in [0, 0.1) is 0 Å². The maximum atomic E-state index is 12.4. The number of rotatable bonds is 10. The lowest BCUT2D eigenvalue weighted by molar-refractivity contribution is -0.115. The fraction of sp³-hybridized carbons (Fsp3) is 0.174. The van der Waals surface area contributed by atoms with Crippen molar-refractivity contribution in [2.75, 3.05) is 17.6 Å². The predicted molar refractivity (Wildman–Crippen MR) is 122 cm³/mol. The molecule has 0 fully saturated rings. The molecule has 0 radical (unpaired) electrons. The number of amides is 1. The Kier molecular flexibility index (Phi) is 8.07. The van der Waals surface area contributed by atoms with Crippen molar-refractivity contribution in [3.8, 4) is 0 Å². The van der Waals surface area contributed by atoms with Crippen molar-refractivity contribution < 1.29 is 13.2 Å². The first-order chi connectivity index (χ1) is 14.5. The van der Waals surface area contributed by atoms with Gasteiger partial charge in [0.15, 0.2) is 0 Å². The van der Waals surface area contributed by atoms with Gasteiger partial charge in [-0.25, -0.2) is 13.1 Å². The molecule has 0 saturated heterocycles. The summed E-state index contributed by atoms with van der Waals surface area (Å²) in [6, 6.07) is 25.8. The zero-order valence-corrected chi connectivity index (χ0v) is 18.1. The summed E-state index contributed by atoms with van der Waals surface area (Å²) >= 11 is 1.62. The first kappa shape index (κ1) is 22.1. The van der Waals surface area contributed by atoms with Crippen molar-refractivity contribution in [2.45, 2.75) is 22.6 Å². The SMILES string of the molecule is O=C(CCSc1ccccc1)Nc1ccc(S(=O)(=O)NCCc2ccccc2)cc1. The predicted octanol–water partition coefficient (Wildman–Crippen LogP) is 4.33. The molecule has 156 valence electrons. The van der Waals surface area contributed by atoms with E-state index in [-0.39, 0.29) is 10.8 Å². The van der Waals surface area contributed by atoms with E-state index in [1.54, 1.807) is 23.9 Å².